The number of thioether (sulfide) groups is 1. The van der Waals surface area contributed by atoms with E-state index in [2.05, 4.69) is 24.1 Å². The normalized spacial score (nSPS) is 9.10. The molecule has 0 spiro atoms. The van der Waals surface area contributed by atoms with Crippen molar-refractivity contribution >= 4 is 54.6 Å². The molecule has 0 unspecified atom stereocenters. The van der Waals surface area contributed by atoms with Gasteiger partial charge in [-0.3, -0.25) is 23.1 Å². The number of halogens is 2. The van der Waals surface area contributed by atoms with E-state index in [4.69, 9.17) is 23.2 Å². The van der Waals surface area contributed by atoms with Crippen LogP contribution < -0.4 is 5.32 Å². The number of nitrogens with one attached hydrogen (secondary N) is 1. The molecule has 0 amide bonds. The molecule has 0 aliphatic rings. The van der Waals surface area contributed by atoms with Gasteiger partial charge < -0.3 is 17.1 Å². The summed E-state index contributed by atoms with van der Waals surface area (Å²) in [6.45, 7) is 0. The molecule has 0 rings (SSSR count). The van der Waals surface area contributed by atoms with Gasteiger partial charge in [-0.1, -0.05) is 0 Å². The van der Waals surface area contributed by atoms with Crippen LogP contribution in [0.3, 0.4) is 0 Å². The largest absolute Gasteiger partial charge is 0.339 e. The molecule has 5 nitrogen and oxygen atoms in total. The van der Waals surface area contributed by atoms with Gasteiger partial charge in [0.15, 0.2) is 0 Å². The molecule has 0 saturated heterocycles. The number of rotatable bonds is 4. The Hall–Kier alpha value is 4.10. The van der Waals surface area contributed by atoms with Crippen molar-refractivity contribution in [2.24, 2.45) is 0 Å². The zero-order valence-corrected chi connectivity index (χ0v) is 23.6. The van der Waals surface area contributed by atoms with E-state index in [0.29, 0.717) is 5.21 Å². The first-order valence-corrected chi connectivity index (χ1v) is 9.65. The SMILES string of the molecule is [CH2-]S(=O)(=O)CCl.[CH2-]S(=O)(=O)CNC.[CH2-]SCCl.[Y].[Y].[Y]. The van der Waals surface area contributed by atoms with Crippen LogP contribution >= 0.6 is 35.0 Å². The van der Waals surface area contributed by atoms with Crippen molar-refractivity contribution in [1.29, 1.82) is 0 Å². The van der Waals surface area contributed by atoms with E-state index in [0.717, 1.165) is 0 Å². The minimum atomic E-state index is -3.15. The summed E-state index contributed by atoms with van der Waals surface area (Å²) in [5, 5.41) is 2.66. The summed E-state index contributed by atoms with van der Waals surface area (Å²) in [6.07, 6.45) is 8.99. The number of sulfone groups is 2. The van der Waals surface area contributed by atoms with Crippen LogP contribution in [0.25, 0.3) is 0 Å². The van der Waals surface area contributed by atoms with Crippen LogP contribution in [-0.2, 0) is 118 Å². The predicted molar refractivity (Wildman–Crippen MR) is 76.9 cm³/mol. The van der Waals surface area contributed by atoms with Crippen molar-refractivity contribution in [2.45, 2.75) is 0 Å². The molecule has 0 saturated carbocycles. The van der Waals surface area contributed by atoms with Gasteiger partial charge >= 0.3 is 0 Å². The number of alkyl halides is 2. The van der Waals surface area contributed by atoms with Crippen molar-refractivity contribution in [3.63, 3.8) is 0 Å². The van der Waals surface area contributed by atoms with Crippen molar-refractivity contribution in [1.82, 2.24) is 5.32 Å². The van der Waals surface area contributed by atoms with Crippen LogP contribution in [0.4, 0.5) is 0 Å². The Morgan fingerprint density at radius 2 is 1.25 bits per heavy atom. The van der Waals surface area contributed by atoms with E-state index in [1.807, 2.05) is 0 Å². The van der Waals surface area contributed by atoms with Crippen molar-refractivity contribution in [3.05, 3.63) is 18.8 Å². The van der Waals surface area contributed by atoms with E-state index in [9.17, 15) is 16.8 Å². The molecule has 0 aromatic rings. The monoisotopic (exact) mass is 611 g/mol. The Kier molecular flexibility index (Phi) is 49.7. The van der Waals surface area contributed by atoms with Gasteiger partial charge in [0, 0.05) is 123 Å². The molecule has 0 aromatic heterocycles. The fourth-order valence-corrected chi connectivity index (χ4v) is 0.660. The summed E-state index contributed by atoms with van der Waals surface area (Å²) in [4.78, 5) is 0. The van der Waals surface area contributed by atoms with Gasteiger partial charge in [0.05, 0.1) is 11.1 Å². The second-order valence-electron chi connectivity index (χ2n) is 2.41. The first-order valence-electron chi connectivity index (χ1n) is 3.79. The maximum absolute atomic E-state index is 10.1. The second-order valence-corrected chi connectivity index (χ2v) is 7.82. The van der Waals surface area contributed by atoms with Crippen molar-refractivity contribution in [2.75, 3.05) is 23.3 Å². The Bertz CT molecular complexity index is 352. The third-order valence-corrected chi connectivity index (χ3v) is 3.28. The summed E-state index contributed by atoms with van der Waals surface area (Å²) in [6, 6.07) is 0. The molecule has 20 heavy (non-hydrogen) atoms. The molecular formula is C7H16Cl2NO4S3Y3-3. The third-order valence-electron chi connectivity index (χ3n) is 0.608. The van der Waals surface area contributed by atoms with Gasteiger partial charge in [0.1, 0.15) is 0 Å². The molecule has 0 aliphatic carbocycles. The van der Waals surface area contributed by atoms with Crippen LogP contribution in [0, 0.1) is 18.8 Å². The molecule has 117 valence electrons. The van der Waals surface area contributed by atoms with E-state index in [1.165, 1.54) is 11.8 Å². The van der Waals surface area contributed by atoms with Gasteiger partial charge in [0.25, 0.3) is 0 Å². The van der Waals surface area contributed by atoms with Crippen molar-refractivity contribution in [3.8, 4) is 0 Å². The van der Waals surface area contributed by atoms with Crippen LogP contribution in [0.5, 0.6) is 0 Å². The molecule has 0 heterocycles. The third kappa shape index (κ3) is 67.2. The molecule has 0 atom stereocenters. The van der Waals surface area contributed by atoms with E-state index < -0.39 is 24.9 Å². The zero-order chi connectivity index (χ0) is 14.5. The molecule has 0 aromatic carbocycles. The Balaban J connectivity index is -0.0000000352. The second kappa shape index (κ2) is 25.3. The first-order chi connectivity index (χ1) is 7.54. The van der Waals surface area contributed by atoms with E-state index in [-0.39, 0.29) is 104 Å². The molecule has 0 bridgehead atoms. The molecule has 1 N–H and O–H groups in total. The standard InChI is InChI=1S/C3H8NO2S.C2H4ClO2S.C2H4ClS.3Y/c1-4-3-7(2,5)6;1-6(4,5)2-3;1-4-2-3;;;/h4H,2-3H2,1H3;1-2H2;1-2H2;;;/q3*-1;;;. The summed E-state index contributed by atoms with van der Waals surface area (Å²) in [5.74, 6) is -0.0486. The van der Waals surface area contributed by atoms with Gasteiger partial charge in [-0.25, -0.2) is 12.5 Å². The fourth-order valence-electron chi connectivity index (χ4n) is 0.220. The van der Waals surface area contributed by atoms with Crippen molar-refractivity contribution < 1.29 is 115 Å². The fraction of sp³-hybridized carbons (Fsp3) is 0.571. The average Bonchev–Trinajstić information content (AvgIpc) is 2.16. The molecule has 0 aliphatic heterocycles. The quantitative estimate of drug-likeness (QED) is 0.383. The van der Waals surface area contributed by atoms with Crippen LogP contribution in [-0.4, -0.2) is 40.2 Å². The number of hydrogen-bond donors (Lipinski definition) is 1. The Labute approximate surface area is 213 Å². The summed E-state index contributed by atoms with van der Waals surface area (Å²) < 4.78 is 39.6. The Morgan fingerprint density at radius 1 is 1.00 bits per heavy atom. The van der Waals surface area contributed by atoms with Gasteiger partial charge in [0.2, 0.25) is 0 Å². The predicted octanol–water partition coefficient (Wildman–Crippen LogP) is 1.46. The van der Waals surface area contributed by atoms with Crippen LogP contribution in [0.2, 0.25) is 0 Å². The van der Waals surface area contributed by atoms with E-state index in [1.54, 1.807) is 7.05 Å². The molecular weight excluding hydrogens is 596 g/mol. The summed E-state index contributed by atoms with van der Waals surface area (Å²) >= 11 is 11.3. The maximum Gasteiger partial charge on any atom is 0.0955 e. The Morgan fingerprint density at radius 3 is 1.25 bits per heavy atom. The van der Waals surface area contributed by atoms with Crippen LogP contribution in [0.1, 0.15) is 0 Å². The summed E-state index contributed by atoms with van der Waals surface area (Å²) in [7, 11) is -4.62. The van der Waals surface area contributed by atoms with Gasteiger partial charge in [-0.15, -0.1) is 23.2 Å². The minimum Gasteiger partial charge on any atom is -0.339 e. The molecule has 3 radical (unpaired) electrons. The van der Waals surface area contributed by atoms with Crippen LogP contribution in [0.15, 0.2) is 0 Å². The molecule has 0 fully saturated rings. The topological polar surface area (TPSA) is 80.3 Å². The zero-order valence-electron chi connectivity index (χ0n) is 11.1. The maximum atomic E-state index is 10.1. The molecule has 13 heteroatoms. The minimum absolute atomic E-state index is 0. The first kappa shape index (κ1) is 39.3. The smallest absolute Gasteiger partial charge is 0.0955 e. The van der Waals surface area contributed by atoms with E-state index >= 15 is 0 Å². The number of hydrogen-bond acceptors (Lipinski definition) is 6. The van der Waals surface area contributed by atoms with Gasteiger partial charge in [-0.2, -0.15) is 0 Å². The summed E-state index contributed by atoms with van der Waals surface area (Å²) in [5.41, 5.74) is 0. The average molecular weight is 612 g/mol. The van der Waals surface area contributed by atoms with Gasteiger partial charge in [-0.05, 0) is 7.05 Å².